The first-order chi connectivity index (χ1) is 11.5. The lowest BCUT2D eigenvalue weighted by molar-refractivity contribution is -0.119. The van der Waals surface area contributed by atoms with Crippen LogP contribution in [0.5, 0.6) is 11.5 Å². The number of nitrogens with zero attached hydrogens (tertiary/aromatic N) is 2. The Hall–Kier alpha value is -2.75. The number of imide groups is 1. The number of thioether (sulfide) groups is 1. The molecule has 1 aromatic carbocycles. The fourth-order valence-corrected chi connectivity index (χ4v) is 2.66. The number of para-hydroxylation sites is 2. The molecule has 0 bridgehead atoms. The van der Waals surface area contributed by atoms with Crippen molar-refractivity contribution in [3.05, 3.63) is 30.2 Å². The molecule has 2 aromatic rings. The van der Waals surface area contributed by atoms with Gasteiger partial charge in [0.15, 0.2) is 11.5 Å². The van der Waals surface area contributed by atoms with Crippen molar-refractivity contribution >= 4 is 23.7 Å². The summed E-state index contributed by atoms with van der Waals surface area (Å²) in [5.41, 5.74) is 4.90. The second-order valence-electron chi connectivity index (χ2n) is 4.88. The van der Waals surface area contributed by atoms with Gasteiger partial charge in [-0.15, -0.1) is 10.2 Å². The number of urea groups is 1. The monoisotopic (exact) mass is 350 g/mol. The highest BCUT2D eigenvalue weighted by molar-refractivity contribution is 8.00. The average molecular weight is 350 g/mol. The molecule has 1 aromatic heterocycles. The molecule has 2 heterocycles. The SMILES string of the molecule is C[C@H](Sc1nnc([C@H]2COc3ccccc3O2)o1)C(=O)NC(N)=O. The van der Waals surface area contributed by atoms with E-state index in [1.54, 1.807) is 19.1 Å². The second kappa shape index (κ2) is 6.79. The molecule has 3 amide bonds. The molecule has 0 saturated heterocycles. The summed E-state index contributed by atoms with van der Waals surface area (Å²) in [7, 11) is 0. The van der Waals surface area contributed by atoms with E-state index in [9.17, 15) is 9.59 Å². The fraction of sp³-hybridized carbons (Fsp3) is 0.286. The lowest BCUT2D eigenvalue weighted by atomic mass is 10.2. The maximum Gasteiger partial charge on any atom is 0.318 e. The maximum atomic E-state index is 11.6. The highest BCUT2D eigenvalue weighted by atomic mass is 32.2. The van der Waals surface area contributed by atoms with E-state index in [2.05, 4.69) is 10.2 Å². The Morgan fingerprint density at radius 1 is 1.33 bits per heavy atom. The molecule has 10 heteroatoms. The summed E-state index contributed by atoms with van der Waals surface area (Å²) in [6, 6.07) is 6.36. The van der Waals surface area contributed by atoms with Crippen molar-refractivity contribution in [3.8, 4) is 11.5 Å². The number of amides is 3. The van der Waals surface area contributed by atoms with Gasteiger partial charge in [0, 0.05) is 0 Å². The van der Waals surface area contributed by atoms with Gasteiger partial charge in [0.05, 0.1) is 5.25 Å². The van der Waals surface area contributed by atoms with Gasteiger partial charge in [-0.1, -0.05) is 23.9 Å². The van der Waals surface area contributed by atoms with Gasteiger partial charge in [-0.25, -0.2) is 4.79 Å². The highest BCUT2D eigenvalue weighted by Crippen LogP contribution is 2.36. The molecule has 0 saturated carbocycles. The van der Waals surface area contributed by atoms with Gasteiger partial charge in [0.25, 0.3) is 11.1 Å². The van der Waals surface area contributed by atoms with E-state index in [-0.39, 0.29) is 17.7 Å². The van der Waals surface area contributed by atoms with Crippen LogP contribution in [0.15, 0.2) is 33.9 Å². The van der Waals surface area contributed by atoms with Gasteiger partial charge in [-0.3, -0.25) is 10.1 Å². The molecule has 2 atom stereocenters. The van der Waals surface area contributed by atoms with Crippen LogP contribution in [0.25, 0.3) is 0 Å². The lowest BCUT2D eigenvalue weighted by Crippen LogP contribution is -2.39. The second-order valence-corrected chi connectivity index (χ2v) is 6.18. The Balaban J connectivity index is 1.64. The van der Waals surface area contributed by atoms with E-state index in [4.69, 9.17) is 19.6 Å². The van der Waals surface area contributed by atoms with Gasteiger partial charge in [0.2, 0.25) is 12.0 Å². The number of benzene rings is 1. The number of nitrogens with two attached hydrogens (primary N) is 1. The van der Waals surface area contributed by atoms with Crippen molar-refractivity contribution in [2.24, 2.45) is 5.73 Å². The molecule has 126 valence electrons. The van der Waals surface area contributed by atoms with E-state index in [1.165, 1.54) is 0 Å². The Labute approximate surface area is 140 Å². The van der Waals surface area contributed by atoms with Crippen LogP contribution in [0.1, 0.15) is 18.9 Å². The minimum Gasteiger partial charge on any atom is -0.485 e. The first kappa shape index (κ1) is 16.1. The van der Waals surface area contributed by atoms with Crippen LogP contribution in [0.4, 0.5) is 4.79 Å². The zero-order valence-corrected chi connectivity index (χ0v) is 13.4. The number of nitrogens with one attached hydrogen (secondary N) is 1. The van der Waals surface area contributed by atoms with Crippen LogP contribution in [0, 0.1) is 0 Å². The number of carbonyl (C=O) groups is 2. The van der Waals surface area contributed by atoms with Crippen molar-refractivity contribution in [2.45, 2.75) is 23.5 Å². The Kier molecular flexibility index (Phi) is 4.56. The minimum atomic E-state index is -0.912. The molecule has 1 aliphatic heterocycles. The van der Waals surface area contributed by atoms with E-state index in [1.807, 2.05) is 17.4 Å². The molecule has 0 aliphatic carbocycles. The van der Waals surface area contributed by atoms with Gasteiger partial charge < -0.3 is 19.6 Å². The minimum absolute atomic E-state index is 0.180. The highest BCUT2D eigenvalue weighted by Gasteiger charge is 2.28. The van der Waals surface area contributed by atoms with E-state index >= 15 is 0 Å². The number of primary amides is 1. The summed E-state index contributed by atoms with van der Waals surface area (Å²) < 4.78 is 16.9. The molecular weight excluding hydrogens is 336 g/mol. The van der Waals surface area contributed by atoms with Crippen LogP contribution < -0.4 is 20.5 Å². The molecule has 3 rings (SSSR count). The number of ether oxygens (including phenoxy) is 2. The summed E-state index contributed by atoms with van der Waals surface area (Å²) in [5, 5.41) is 9.32. The van der Waals surface area contributed by atoms with Gasteiger partial charge in [-0.05, 0) is 19.1 Å². The summed E-state index contributed by atoms with van der Waals surface area (Å²) in [6.45, 7) is 1.82. The number of carbonyl (C=O) groups excluding carboxylic acids is 2. The van der Waals surface area contributed by atoms with Crippen molar-refractivity contribution in [1.82, 2.24) is 15.5 Å². The van der Waals surface area contributed by atoms with Gasteiger partial charge in [0.1, 0.15) is 6.61 Å². The smallest absolute Gasteiger partial charge is 0.318 e. The molecule has 24 heavy (non-hydrogen) atoms. The first-order valence-corrected chi connectivity index (χ1v) is 7.89. The van der Waals surface area contributed by atoms with Crippen molar-refractivity contribution < 1.29 is 23.5 Å². The summed E-state index contributed by atoms with van der Waals surface area (Å²) in [5.74, 6) is 0.947. The summed E-state index contributed by atoms with van der Waals surface area (Å²) in [4.78, 5) is 22.3. The van der Waals surface area contributed by atoms with Crippen LogP contribution in [-0.2, 0) is 4.79 Å². The third kappa shape index (κ3) is 3.59. The quantitative estimate of drug-likeness (QED) is 0.788. The molecule has 0 fully saturated rings. The average Bonchev–Trinajstić information content (AvgIpc) is 3.02. The number of hydrogen-bond acceptors (Lipinski definition) is 8. The topological polar surface area (TPSA) is 130 Å². The standard InChI is InChI=1S/C14H14N4O5S/c1-7(11(19)16-13(15)20)24-14-18-17-12(23-14)10-6-21-8-4-2-3-5-9(8)22-10/h2-5,7,10H,6H2,1H3,(H3,15,16,19,20)/t7-,10+/m0/s1. The molecule has 1 aliphatic rings. The number of aromatic nitrogens is 2. The van der Waals surface area contributed by atoms with Crippen molar-refractivity contribution in [2.75, 3.05) is 6.61 Å². The van der Waals surface area contributed by atoms with E-state index in [0.29, 0.717) is 11.5 Å². The van der Waals surface area contributed by atoms with Crippen LogP contribution in [0.2, 0.25) is 0 Å². The van der Waals surface area contributed by atoms with E-state index < -0.39 is 23.3 Å². The number of rotatable bonds is 4. The van der Waals surface area contributed by atoms with Crippen LogP contribution >= 0.6 is 11.8 Å². The van der Waals surface area contributed by atoms with E-state index in [0.717, 1.165) is 11.8 Å². The van der Waals surface area contributed by atoms with Crippen molar-refractivity contribution in [1.29, 1.82) is 0 Å². The number of fused-ring (bicyclic) bond motifs is 1. The zero-order chi connectivity index (χ0) is 17.1. The Bertz CT molecular complexity index is 765. The van der Waals surface area contributed by atoms with Gasteiger partial charge in [-0.2, -0.15) is 0 Å². The predicted molar refractivity (Wildman–Crippen MR) is 82.6 cm³/mol. The number of hydrogen-bond donors (Lipinski definition) is 2. The lowest BCUT2D eigenvalue weighted by Gasteiger charge is -2.23. The first-order valence-electron chi connectivity index (χ1n) is 7.02. The molecule has 0 unspecified atom stereocenters. The normalized spacial score (nSPS) is 17.1. The summed E-state index contributed by atoms with van der Waals surface area (Å²) in [6.07, 6.45) is -0.531. The Morgan fingerprint density at radius 3 is 2.83 bits per heavy atom. The molecule has 0 spiro atoms. The maximum absolute atomic E-state index is 11.6. The largest absolute Gasteiger partial charge is 0.485 e. The van der Waals surface area contributed by atoms with Crippen molar-refractivity contribution in [3.63, 3.8) is 0 Å². The Morgan fingerprint density at radius 2 is 2.08 bits per heavy atom. The van der Waals surface area contributed by atoms with Crippen LogP contribution in [-0.4, -0.2) is 34.0 Å². The molecule has 9 nitrogen and oxygen atoms in total. The van der Waals surface area contributed by atoms with Crippen LogP contribution in [0.3, 0.4) is 0 Å². The fourth-order valence-electron chi connectivity index (χ4n) is 1.97. The molecule has 0 radical (unpaired) electrons. The predicted octanol–water partition coefficient (Wildman–Crippen LogP) is 1.26. The molecule has 3 N–H and O–H groups in total. The third-order valence-electron chi connectivity index (χ3n) is 3.10. The zero-order valence-electron chi connectivity index (χ0n) is 12.6. The molecular formula is C14H14N4O5S. The summed E-state index contributed by atoms with van der Waals surface area (Å²) >= 11 is 1.01. The van der Waals surface area contributed by atoms with Gasteiger partial charge >= 0.3 is 6.03 Å². The third-order valence-corrected chi connectivity index (χ3v) is 4.03.